The highest BCUT2D eigenvalue weighted by molar-refractivity contribution is 5.71. The third kappa shape index (κ3) is 28.4. The molecule has 3 atom stereocenters. The molecule has 0 aromatic rings. The molecule has 326 valence electrons. The van der Waals surface area contributed by atoms with Crippen LogP contribution >= 0.6 is 0 Å². The SMILES string of the molecule is CCCCC/C=C\C/C=C\CCCCCCCC(=O)OC1CO[C@H](COC(=O)CCCN2CCCC2)[C@@H]1OC(=O)CCCCCCC/C=C\C/C=C\CCCCC. The average molecular weight is 798 g/mol. The standard InChI is InChI=1S/C49H83NO7/c1-3-5-7-9-11-13-15-17-19-21-23-25-27-29-31-36-47(52)56-45-43-54-44(42-55-46(51)38-35-41-50-39-33-34-40-50)49(45)57-48(53)37-32-30-28-26-24-22-20-18-16-14-12-10-8-6-4-2/h11-14,17-20,44-45,49H,3-10,15-16,21-43H2,1-2H3/b13-11-,14-12-,19-17-,20-18-/t44-,45?,49+/m1/s1. The van der Waals surface area contributed by atoms with E-state index in [1.807, 2.05) is 0 Å². The first-order chi connectivity index (χ1) is 28.0. The highest BCUT2D eigenvalue weighted by Crippen LogP contribution is 2.24. The Kier molecular flexibility index (Phi) is 32.2. The molecule has 2 rings (SSSR count). The molecule has 0 saturated carbocycles. The van der Waals surface area contributed by atoms with Crippen molar-refractivity contribution in [2.45, 2.75) is 212 Å². The topological polar surface area (TPSA) is 91.4 Å². The normalized spacial score (nSPS) is 18.9. The first kappa shape index (κ1) is 50.4. The summed E-state index contributed by atoms with van der Waals surface area (Å²) < 4.78 is 23.2. The molecule has 0 amide bonds. The van der Waals surface area contributed by atoms with E-state index in [0.717, 1.165) is 116 Å². The van der Waals surface area contributed by atoms with E-state index in [0.29, 0.717) is 19.3 Å². The molecule has 0 N–H and O–H groups in total. The molecular weight excluding hydrogens is 715 g/mol. The molecule has 8 heteroatoms. The van der Waals surface area contributed by atoms with Gasteiger partial charge in [-0.2, -0.15) is 0 Å². The summed E-state index contributed by atoms with van der Waals surface area (Å²) in [6, 6.07) is 0. The largest absolute Gasteiger partial charge is 0.463 e. The zero-order valence-corrected chi connectivity index (χ0v) is 36.5. The van der Waals surface area contributed by atoms with Gasteiger partial charge in [-0.1, -0.05) is 127 Å². The van der Waals surface area contributed by atoms with Crippen LogP contribution in [0.25, 0.3) is 0 Å². The summed E-state index contributed by atoms with van der Waals surface area (Å²) in [5.74, 6) is -0.911. The van der Waals surface area contributed by atoms with Crippen molar-refractivity contribution >= 4 is 17.9 Å². The van der Waals surface area contributed by atoms with Crippen LogP contribution in [0, 0.1) is 0 Å². The molecule has 0 radical (unpaired) electrons. The van der Waals surface area contributed by atoms with Crippen LogP contribution in [0.1, 0.15) is 194 Å². The maximum atomic E-state index is 13.0. The van der Waals surface area contributed by atoms with Gasteiger partial charge in [0.15, 0.2) is 12.2 Å². The van der Waals surface area contributed by atoms with Gasteiger partial charge < -0.3 is 23.8 Å². The summed E-state index contributed by atoms with van der Waals surface area (Å²) in [6.07, 6.45) is 44.7. The van der Waals surface area contributed by atoms with Crippen molar-refractivity contribution < 1.29 is 33.3 Å². The van der Waals surface area contributed by atoms with Crippen molar-refractivity contribution in [2.24, 2.45) is 0 Å². The Morgan fingerprint density at radius 2 is 1.00 bits per heavy atom. The number of carbonyl (C=O) groups excluding carboxylic acids is 3. The van der Waals surface area contributed by atoms with E-state index in [9.17, 15) is 14.4 Å². The summed E-state index contributed by atoms with van der Waals surface area (Å²) >= 11 is 0. The predicted molar refractivity (Wildman–Crippen MR) is 234 cm³/mol. The van der Waals surface area contributed by atoms with Crippen LogP contribution in [-0.2, 0) is 33.3 Å². The molecule has 2 saturated heterocycles. The Bertz CT molecular complexity index is 1120. The van der Waals surface area contributed by atoms with Crippen LogP contribution in [0.3, 0.4) is 0 Å². The van der Waals surface area contributed by atoms with Crippen molar-refractivity contribution in [3.63, 3.8) is 0 Å². The minimum absolute atomic E-state index is 0.0246. The second-order valence-corrected chi connectivity index (χ2v) is 16.2. The Morgan fingerprint density at radius 3 is 1.53 bits per heavy atom. The molecule has 0 spiro atoms. The Balaban J connectivity index is 1.67. The van der Waals surface area contributed by atoms with Gasteiger partial charge in [-0.15, -0.1) is 0 Å². The van der Waals surface area contributed by atoms with E-state index in [1.54, 1.807) is 0 Å². The lowest BCUT2D eigenvalue weighted by atomic mass is 10.1. The maximum Gasteiger partial charge on any atom is 0.306 e. The van der Waals surface area contributed by atoms with Crippen molar-refractivity contribution in [3.8, 4) is 0 Å². The number of nitrogens with zero attached hydrogens (tertiary/aromatic N) is 1. The quantitative estimate of drug-likeness (QED) is 0.0268. The van der Waals surface area contributed by atoms with E-state index < -0.39 is 18.3 Å². The van der Waals surface area contributed by atoms with Crippen LogP contribution in [0.15, 0.2) is 48.6 Å². The van der Waals surface area contributed by atoms with Gasteiger partial charge in [0.05, 0.1) is 6.61 Å². The maximum absolute atomic E-state index is 13.0. The zero-order chi connectivity index (χ0) is 40.9. The fraction of sp³-hybridized carbons (Fsp3) is 0.776. The van der Waals surface area contributed by atoms with Gasteiger partial charge >= 0.3 is 17.9 Å². The van der Waals surface area contributed by atoms with Crippen molar-refractivity contribution in [1.82, 2.24) is 4.90 Å². The first-order valence-corrected chi connectivity index (χ1v) is 23.5. The average Bonchev–Trinajstić information content (AvgIpc) is 3.86. The number of hydrogen-bond donors (Lipinski definition) is 0. The molecular formula is C49H83NO7. The Hall–Kier alpha value is -2.71. The van der Waals surface area contributed by atoms with E-state index in [1.165, 1.54) is 64.2 Å². The second kappa shape index (κ2) is 36.4. The monoisotopic (exact) mass is 798 g/mol. The van der Waals surface area contributed by atoms with E-state index in [4.69, 9.17) is 18.9 Å². The number of likely N-dealkylation sites (tertiary alicyclic amines) is 1. The van der Waals surface area contributed by atoms with Gasteiger partial charge in [0, 0.05) is 19.3 Å². The number of allylic oxidation sites excluding steroid dienone is 8. The Morgan fingerprint density at radius 1 is 0.544 bits per heavy atom. The number of esters is 3. The van der Waals surface area contributed by atoms with Crippen LogP contribution in [0.2, 0.25) is 0 Å². The van der Waals surface area contributed by atoms with Gasteiger partial charge in [-0.3, -0.25) is 14.4 Å². The second-order valence-electron chi connectivity index (χ2n) is 16.2. The third-order valence-corrected chi connectivity index (χ3v) is 10.9. The zero-order valence-electron chi connectivity index (χ0n) is 36.5. The fourth-order valence-corrected chi connectivity index (χ4v) is 7.34. The highest BCUT2D eigenvalue weighted by Gasteiger charge is 2.43. The van der Waals surface area contributed by atoms with E-state index >= 15 is 0 Å². The molecule has 2 aliphatic heterocycles. The van der Waals surface area contributed by atoms with Gasteiger partial charge in [-0.05, 0) is 116 Å². The van der Waals surface area contributed by atoms with E-state index in [2.05, 4.69) is 67.4 Å². The minimum Gasteiger partial charge on any atom is -0.463 e. The number of carbonyl (C=O) groups is 3. The van der Waals surface area contributed by atoms with Gasteiger partial charge in [-0.25, -0.2) is 0 Å². The summed E-state index contributed by atoms with van der Waals surface area (Å²) in [5.41, 5.74) is 0. The summed E-state index contributed by atoms with van der Waals surface area (Å²) in [7, 11) is 0. The number of unbranched alkanes of at least 4 members (excludes halogenated alkanes) is 16. The van der Waals surface area contributed by atoms with Crippen molar-refractivity contribution in [2.75, 3.05) is 32.8 Å². The van der Waals surface area contributed by atoms with Crippen LogP contribution < -0.4 is 0 Å². The van der Waals surface area contributed by atoms with Gasteiger partial charge in [0.2, 0.25) is 0 Å². The van der Waals surface area contributed by atoms with Crippen LogP contribution in [0.4, 0.5) is 0 Å². The molecule has 2 heterocycles. The molecule has 8 nitrogen and oxygen atoms in total. The molecule has 0 bridgehead atoms. The molecule has 2 fully saturated rings. The van der Waals surface area contributed by atoms with E-state index in [-0.39, 0.29) is 31.1 Å². The molecule has 0 aromatic heterocycles. The smallest absolute Gasteiger partial charge is 0.306 e. The predicted octanol–water partition coefficient (Wildman–Crippen LogP) is 12.3. The molecule has 0 aliphatic carbocycles. The number of hydrogen-bond acceptors (Lipinski definition) is 8. The summed E-state index contributed by atoms with van der Waals surface area (Å²) in [6.45, 7) is 7.66. The Labute approximate surface area is 348 Å². The molecule has 0 aromatic carbocycles. The van der Waals surface area contributed by atoms with Crippen molar-refractivity contribution in [1.29, 1.82) is 0 Å². The summed E-state index contributed by atoms with van der Waals surface area (Å²) in [5, 5.41) is 0. The number of rotatable bonds is 36. The van der Waals surface area contributed by atoms with Crippen molar-refractivity contribution in [3.05, 3.63) is 48.6 Å². The molecule has 57 heavy (non-hydrogen) atoms. The summed E-state index contributed by atoms with van der Waals surface area (Å²) in [4.78, 5) is 40.8. The van der Waals surface area contributed by atoms with Crippen LogP contribution in [-0.4, -0.2) is 74.0 Å². The lowest BCUT2D eigenvalue weighted by Crippen LogP contribution is -2.40. The fourth-order valence-electron chi connectivity index (χ4n) is 7.34. The number of ether oxygens (including phenoxy) is 4. The van der Waals surface area contributed by atoms with Crippen LogP contribution in [0.5, 0.6) is 0 Å². The molecule has 2 aliphatic rings. The van der Waals surface area contributed by atoms with Gasteiger partial charge in [0.1, 0.15) is 12.7 Å². The first-order valence-electron chi connectivity index (χ1n) is 23.5. The lowest BCUT2D eigenvalue weighted by molar-refractivity contribution is -0.168. The molecule has 1 unspecified atom stereocenters. The lowest BCUT2D eigenvalue weighted by Gasteiger charge is -2.23. The van der Waals surface area contributed by atoms with Gasteiger partial charge in [0.25, 0.3) is 0 Å². The minimum atomic E-state index is -0.790. The highest BCUT2D eigenvalue weighted by atomic mass is 16.6. The third-order valence-electron chi connectivity index (χ3n) is 10.9.